The highest BCUT2D eigenvalue weighted by molar-refractivity contribution is 6.20. The molecule has 4 aromatic rings. The average molecular weight is 393 g/mol. The number of hydrogen-bond donors (Lipinski definition) is 4. The highest BCUT2D eigenvalue weighted by atomic mass is 16.5. The van der Waals surface area contributed by atoms with Crippen LogP contribution in [0, 0.1) is 6.92 Å². The number of benzene rings is 2. The summed E-state index contributed by atoms with van der Waals surface area (Å²) in [6.45, 7) is 5.75. The summed E-state index contributed by atoms with van der Waals surface area (Å²) in [6, 6.07) is 10.6. The Balaban J connectivity index is 1.65. The van der Waals surface area contributed by atoms with Crippen molar-refractivity contribution in [2.24, 2.45) is 5.73 Å². The fraction of sp³-hybridized carbons (Fsp3) is 0.348. The number of pyridine rings is 1. The molecule has 4 rings (SSSR count). The zero-order valence-corrected chi connectivity index (χ0v) is 17.2. The minimum absolute atomic E-state index is 0.740. The Bertz CT molecular complexity index is 1130. The fourth-order valence-corrected chi connectivity index (χ4v) is 3.90. The third kappa shape index (κ3) is 3.86. The number of aryl methyl sites for hydroxylation is 1. The number of aromatic amines is 2. The number of rotatable bonds is 9. The van der Waals surface area contributed by atoms with Crippen molar-refractivity contribution in [3.63, 3.8) is 0 Å². The molecule has 0 saturated carbocycles. The largest absolute Gasteiger partial charge is 0.497 e. The van der Waals surface area contributed by atoms with Gasteiger partial charge in [0.2, 0.25) is 0 Å². The Morgan fingerprint density at radius 2 is 1.86 bits per heavy atom. The highest BCUT2D eigenvalue weighted by Gasteiger charge is 2.17. The molecule has 0 saturated heterocycles. The van der Waals surface area contributed by atoms with E-state index in [4.69, 9.17) is 10.5 Å². The summed E-state index contributed by atoms with van der Waals surface area (Å²) in [5.74, 6) is 1.94. The van der Waals surface area contributed by atoms with E-state index in [0.29, 0.717) is 0 Å². The van der Waals surface area contributed by atoms with Crippen LogP contribution in [0.4, 0.5) is 5.82 Å². The molecule has 0 aliphatic carbocycles. The second kappa shape index (κ2) is 8.68. The van der Waals surface area contributed by atoms with Gasteiger partial charge >= 0.3 is 0 Å². The molecule has 0 aliphatic heterocycles. The predicted octanol–water partition coefficient (Wildman–Crippen LogP) is 3.35. The van der Waals surface area contributed by atoms with Gasteiger partial charge in [0.1, 0.15) is 5.75 Å². The normalized spacial score (nSPS) is 11.6. The zero-order chi connectivity index (χ0) is 20.2. The van der Waals surface area contributed by atoms with Crippen LogP contribution in [0.2, 0.25) is 0 Å². The van der Waals surface area contributed by atoms with Crippen molar-refractivity contribution < 1.29 is 9.72 Å². The molecule has 6 N–H and O–H groups in total. The van der Waals surface area contributed by atoms with Crippen LogP contribution in [-0.2, 0) is 0 Å². The number of nitrogens with two attached hydrogens (primary N) is 1. The first-order chi connectivity index (χ1) is 14.2. The van der Waals surface area contributed by atoms with Gasteiger partial charge in [0, 0.05) is 16.3 Å². The van der Waals surface area contributed by atoms with Crippen LogP contribution < -0.4 is 26.1 Å². The third-order valence-corrected chi connectivity index (χ3v) is 5.46. The fourth-order valence-electron chi connectivity index (χ4n) is 3.90. The first kappa shape index (κ1) is 19.5. The van der Waals surface area contributed by atoms with Crippen LogP contribution in [-0.4, -0.2) is 38.3 Å². The molecule has 0 spiro atoms. The molecule has 2 aromatic heterocycles. The van der Waals surface area contributed by atoms with Crippen molar-refractivity contribution in [3.05, 3.63) is 42.1 Å². The van der Waals surface area contributed by atoms with E-state index in [2.05, 4.69) is 58.0 Å². The molecule has 0 amide bonds. The Labute approximate surface area is 170 Å². The summed E-state index contributed by atoms with van der Waals surface area (Å²) in [4.78, 5) is 7.11. The number of anilines is 1. The lowest BCUT2D eigenvalue weighted by atomic mass is 10.1. The van der Waals surface area contributed by atoms with E-state index in [-0.39, 0.29) is 0 Å². The molecule has 0 atom stereocenters. The first-order valence-electron chi connectivity index (χ1n) is 10.3. The Hall–Kier alpha value is -2.83. The van der Waals surface area contributed by atoms with Gasteiger partial charge in [-0.1, -0.05) is 12.1 Å². The van der Waals surface area contributed by atoms with Crippen molar-refractivity contribution in [1.82, 2.24) is 10.3 Å². The number of nitrogens with one attached hydrogen (secondary N) is 4. The van der Waals surface area contributed by atoms with Gasteiger partial charge in [0.25, 0.3) is 5.82 Å². The molecule has 2 aromatic carbocycles. The maximum absolute atomic E-state index is 5.53. The van der Waals surface area contributed by atoms with Gasteiger partial charge in [-0.3, -0.25) is 5.32 Å². The van der Waals surface area contributed by atoms with E-state index < -0.39 is 0 Å². The summed E-state index contributed by atoms with van der Waals surface area (Å²) >= 11 is 0. The van der Waals surface area contributed by atoms with E-state index in [1.807, 2.05) is 6.07 Å². The second-order valence-corrected chi connectivity index (χ2v) is 7.47. The van der Waals surface area contributed by atoms with Crippen molar-refractivity contribution in [2.45, 2.75) is 19.8 Å². The van der Waals surface area contributed by atoms with Crippen molar-refractivity contribution in [2.75, 3.05) is 38.6 Å². The summed E-state index contributed by atoms with van der Waals surface area (Å²) in [7, 11) is 1.70. The number of ether oxygens (including phenoxy) is 1. The summed E-state index contributed by atoms with van der Waals surface area (Å²) in [5, 5.41) is 11.8. The van der Waals surface area contributed by atoms with Gasteiger partial charge in [-0.25, -0.2) is 4.98 Å². The maximum atomic E-state index is 5.53. The molecule has 0 aliphatic rings. The standard InChI is InChI=1S/C23H29N5O/c1-15-14-27-23(26-12-4-11-25-10-3-9-24)20-19-7-5-16-13-17(29-2)6-8-18(16)22(19)28-21(15)20/h5-8,13-14,25,28H,3-4,9-12,24H2,1-2H3,(H,26,27)/p+1. The van der Waals surface area contributed by atoms with Gasteiger partial charge in [-0.2, -0.15) is 0 Å². The Morgan fingerprint density at radius 1 is 1.03 bits per heavy atom. The summed E-state index contributed by atoms with van der Waals surface area (Å²) in [6.07, 6.45) is 4.14. The lowest BCUT2D eigenvalue weighted by Crippen LogP contribution is -2.22. The molecule has 6 nitrogen and oxygen atoms in total. The van der Waals surface area contributed by atoms with Crippen LogP contribution in [0.15, 0.2) is 36.5 Å². The number of aromatic nitrogens is 2. The summed E-state index contributed by atoms with van der Waals surface area (Å²) < 4.78 is 5.38. The van der Waals surface area contributed by atoms with Gasteiger partial charge in [-0.15, -0.1) is 0 Å². The number of methoxy groups -OCH3 is 1. The minimum atomic E-state index is 0.740. The lowest BCUT2D eigenvalue weighted by Gasteiger charge is -2.05. The zero-order valence-electron chi connectivity index (χ0n) is 17.2. The molecule has 0 bridgehead atoms. The van der Waals surface area contributed by atoms with Crippen molar-refractivity contribution >= 4 is 38.4 Å². The molecule has 6 heteroatoms. The lowest BCUT2D eigenvalue weighted by molar-refractivity contribution is -0.359. The predicted molar refractivity (Wildman–Crippen MR) is 121 cm³/mol. The van der Waals surface area contributed by atoms with Crippen LogP contribution in [0.5, 0.6) is 5.75 Å². The topological polar surface area (TPSA) is 89.2 Å². The smallest absolute Gasteiger partial charge is 0.282 e. The van der Waals surface area contributed by atoms with E-state index in [1.165, 1.54) is 32.6 Å². The van der Waals surface area contributed by atoms with Gasteiger partial charge in [0.05, 0.1) is 36.3 Å². The molecular weight excluding hydrogens is 362 g/mol. The van der Waals surface area contributed by atoms with E-state index >= 15 is 0 Å². The Morgan fingerprint density at radius 3 is 2.69 bits per heavy atom. The van der Waals surface area contributed by atoms with Crippen LogP contribution in [0.3, 0.4) is 0 Å². The van der Waals surface area contributed by atoms with Gasteiger partial charge in [0.15, 0.2) is 0 Å². The quantitative estimate of drug-likeness (QED) is 0.329. The molecule has 0 fully saturated rings. The summed E-state index contributed by atoms with van der Waals surface area (Å²) in [5.41, 5.74) is 9.06. The van der Waals surface area contributed by atoms with Gasteiger partial charge < -0.3 is 20.8 Å². The molecular formula is C23H30N5O+. The van der Waals surface area contributed by atoms with Crippen LogP contribution >= 0.6 is 0 Å². The van der Waals surface area contributed by atoms with Crippen molar-refractivity contribution in [1.29, 1.82) is 0 Å². The first-order valence-corrected chi connectivity index (χ1v) is 10.3. The number of fused-ring (bicyclic) bond motifs is 5. The minimum Gasteiger partial charge on any atom is -0.497 e. The Kier molecular flexibility index (Phi) is 5.83. The molecule has 0 radical (unpaired) electrons. The van der Waals surface area contributed by atoms with Crippen LogP contribution in [0.25, 0.3) is 32.6 Å². The number of hydrogen-bond acceptors (Lipinski definition) is 4. The van der Waals surface area contributed by atoms with Crippen molar-refractivity contribution in [3.8, 4) is 5.75 Å². The molecule has 2 heterocycles. The SMILES string of the molecule is COc1ccc2c(ccc3c2[nH]c2c(C)c[nH+]c(NCCCNCCCN)c23)c1. The van der Waals surface area contributed by atoms with E-state index in [9.17, 15) is 0 Å². The third-order valence-electron chi connectivity index (χ3n) is 5.46. The number of H-pyrrole nitrogens is 2. The maximum Gasteiger partial charge on any atom is 0.282 e. The molecule has 152 valence electrons. The van der Waals surface area contributed by atoms with E-state index in [0.717, 1.165) is 56.1 Å². The monoisotopic (exact) mass is 392 g/mol. The van der Waals surface area contributed by atoms with Gasteiger partial charge in [-0.05, 0) is 63.0 Å². The van der Waals surface area contributed by atoms with E-state index in [1.54, 1.807) is 7.11 Å². The highest BCUT2D eigenvalue weighted by Crippen LogP contribution is 2.35. The molecule has 29 heavy (non-hydrogen) atoms. The molecule has 0 unspecified atom stereocenters. The average Bonchev–Trinajstić information content (AvgIpc) is 3.15. The van der Waals surface area contributed by atoms with Crippen LogP contribution in [0.1, 0.15) is 18.4 Å². The second-order valence-electron chi connectivity index (χ2n) is 7.47.